The summed E-state index contributed by atoms with van der Waals surface area (Å²) in [6.07, 6.45) is 0. The van der Waals surface area contributed by atoms with Crippen LogP contribution in [-0.2, 0) is 0 Å². The molecule has 104 valence electrons. The van der Waals surface area contributed by atoms with Crippen LogP contribution in [0.15, 0.2) is 17.0 Å². The van der Waals surface area contributed by atoms with Crippen LogP contribution in [-0.4, -0.2) is 56.0 Å². The maximum absolute atomic E-state index is 4.61. The standard InChI is InChI=1S/C13H21N5S/c1-9-12(14-3)18(7-6-15-9)10(2)11-8-19-13(16-11)17(4)5/h8-9,15H,2,6-7H2,1,3-5H3/t9-/m0/s1. The van der Waals surface area contributed by atoms with E-state index in [1.807, 2.05) is 26.0 Å². The Morgan fingerprint density at radius 2 is 2.37 bits per heavy atom. The number of aliphatic imine (C=N–C) groups is 1. The van der Waals surface area contributed by atoms with Crippen molar-refractivity contribution in [3.63, 3.8) is 0 Å². The predicted molar refractivity (Wildman–Crippen MR) is 83.0 cm³/mol. The number of rotatable bonds is 3. The predicted octanol–water partition coefficient (Wildman–Crippen LogP) is 1.50. The zero-order chi connectivity index (χ0) is 14.0. The topological polar surface area (TPSA) is 43.8 Å². The van der Waals surface area contributed by atoms with Gasteiger partial charge < -0.3 is 15.1 Å². The van der Waals surface area contributed by atoms with E-state index in [0.717, 1.165) is 35.4 Å². The number of anilines is 1. The van der Waals surface area contributed by atoms with Crippen LogP contribution in [0.4, 0.5) is 5.13 Å². The highest BCUT2D eigenvalue weighted by Crippen LogP contribution is 2.25. The minimum atomic E-state index is 0.252. The molecule has 0 aliphatic carbocycles. The number of thiazole rings is 1. The first kappa shape index (κ1) is 14.0. The molecule has 1 fully saturated rings. The van der Waals surface area contributed by atoms with Gasteiger partial charge in [-0.15, -0.1) is 11.3 Å². The van der Waals surface area contributed by atoms with Gasteiger partial charge in [-0.25, -0.2) is 4.98 Å². The minimum Gasteiger partial charge on any atom is -0.354 e. The molecule has 2 heterocycles. The molecule has 2 rings (SSSR count). The second kappa shape index (κ2) is 5.71. The zero-order valence-corrected chi connectivity index (χ0v) is 12.8. The molecule has 0 amide bonds. The lowest BCUT2D eigenvalue weighted by atomic mass is 10.2. The smallest absolute Gasteiger partial charge is 0.185 e. The maximum atomic E-state index is 4.61. The van der Waals surface area contributed by atoms with Crippen molar-refractivity contribution < 1.29 is 0 Å². The average Bonchev–Trinajstić information content (AvgIpc) is 2.87. The van der Waals surface area contributed by atoms with E-state index in [-0.39, 0.29) is 6.04 Å². The van der Waals surface area contributed by atoms with Gasteiger partial charge in [-0.2, -0.15) is 0 Å². The van der Waals surface area contributed by atoms with E-state index in [1.54, 1.807) is 11.3 Å². The summed E-state index contributed by atoms with van der Waals surface area (Å²) in [7, 11) is 5.82. The van der Waals surface area contributed by atoms with Crippen molar-refractivity contribution in [2.75, 3.05) is 39.1 Å². The quantitative estimate of drug-likeness (QED) is 0.911. The maximum Gasteiger partial charge on any atom is 0.185 e. The largest absolute Gasteiger partial charge is 0.354 e. The number of aromatic nitrogens is 1. The number of nitrogens with zero attached hydrogens (tertiary/aromatic N) is 4. The summed E-state index contributed by atoms with van der Waals surface area (Å²) >= 11 is 1.63. The highest BCUT2D eigenvalue weighted by atomic mass is 32.1. The van der Waals surface area contributed by atoms with Crippen LogP contribution >= 0.6 is 11.3 Å². The van der Waals surface area contributed by atoms with Crippen molar-refractivity contribution in [2.45, 2.75) is 13.0 Å². The first-order valence-corrected chi connectivity index (χ1v) is 7.22. The second-order valence-electron chi connectivity index (χ2n) is 4.77. The van der Waals surface area contributed by atoms with Gasteiger partial charge in [-0.1, -0.05) is 6.58 Å². The van der Waals surface area contributed by atoms with E-state index < -0.39 is 0 Å². The van der Waals surface area contributed by atoms with E-state index in [1.165, 1.54) is 0 Å². The van der Waals surface area contributed by atoms with Crippen LogP contribution in [0.5, 0.6) is 0 Å². The van der Waals surface area contributed by atoms with Crippen molar-refractivity contribution in [1.29, 1.82) is 0 Å². The van der Waals surface area contributed by atoms with Crippen LogP contribution < -0.4 is 10.2 Å². The van der Waals surface area contributed by atoms with Gasteiger partial charge in [0.25, 0.3) is 0 Å². The van der Waals surface area contributed by atoms with E-state index in [2.05, 4.69) is 39.1 Å². The number of piperazine rings is 1. The zero-order valence-electron chi connectivity index (χ0n) is 12.0. The van der Waals surface area contributed by atoms with Crippen molar-refractivity contribution >= 4 is 28.0 Å². The molecular formula is C13H21N5S. The van der Waals surface area contributed by atoms with Gasteiger partial charge in [0.05, 0.1) is 17.4 Å². The van der Waals surface area contributed by atoms with Gasteiger partial charge in [-0.3, -0.25) is 4.99 Å². The summed E-state index contributed by atoms with van der Waals surface area (Å²) in [5.41, 5.74) is 1.86. The monoisotopic (exact) mass is 279 g/mol. The minimum absolute atomic E-state index is 0.252. The molecular weight excluding hydrogens is 258 g/mol. The Morgan fingerprint density at radius 1 is 1.63 bits per heavy atom. The molecule has 1 saturated heterocycles. The van der Waals surface area contributed by atoms with Crippen LogP contribution in [0, 0.1) is 0 Å². The molecule has 1 aromatic heterocycles. The summed E-state index contributed by atoms with van der Waals surface area (Å²) in [5.74, 6) is 1.02. The van der Waals surface area contributed by atoms with Crippen LogP contribution in [0.2, 0.25) is 0 Å². The Labute approximate surface area is 118 Å². The molecule has 5 nitrogen and oxygen atoms in total. The lowest BCUT2D eigenvalue weighted by molar-refractivity contribution is 0.453. The molecule has 6 heteroatoms. The molecule has 19 heavy (non-hydrogen) atoms. The lowest BCUT2D eigenvalue weighted by Crippen LogP contribution is -2.52. The number of nitrogens with one attached hydrogen (secondary N) is 1. The molecule has 0 aromatic carbocycles. The summed E-state index contributed by atoms with van der Waals surface area (Å²) in [6, 6.07) is 0.252. The van der Waals surface area contributed by atoms with Gasteiger partial charge in [-0.05, 0) is 6.92 Å². The molecule has 1 N–H and O–H groups in total. The Balaban J connectivity index is 2.22. The highest BCUT2D eigenvalue weighted by molar-refractivity contribution is 7.13. The molecule has 1 atom stereocenters. The number of amidine groups is 1. The van der Waals surface area contributed by atoms with Crippen LogP contribution in [0.1, 0.15) is 12.6 Å². The Bertz CT molecular complexity index is 491. The summed E-state index contributed by atoms with van der Waals surface area (Å²) in [5, 5.41) is 6.45. The van der Waals surface area contributed by atoms with Gasteiger partial charge >= 0.3 is 0 Å². The molecule has 0 unspecified atom stereocenters. The second-order valence-corrected chi connectivity index (χ2v) is 5.60. The third-order valence-corrected chi connectivity index (χ3v) is 4.18. The number of hydrogen-bond donors (Lipinski definition) is 1. The third kappa shape index (κ3) is 2.79. The lowest BCUT2D eigenvalue weighted by Gasteiger charge is -2.35. The molecule has 0 bridgehead atoms. The van der Waals surface area contributed by atoms with Crippen molar-refractivity contribution in [2.24, 2.45) is 4.99 Å². The summed E-state index contributed by atoms with van der Waals surface area (Å²) < 4.78 is 0. The van der Waals surface area contributed by atoms with Crippen molar-refractivity contribution in [3.05, 3.63) is 17.7 Å². The first-order chi connectivity index (χ1) is 9.04. The molecule has 1 aromatic rings. The molecule has 1 aliphatic heterocycles. The van der Waals surface area contributed by atoms with E-state index in [9.17, 15) is 0 Å². The van der Waals surface area contributed by atoms with Gasteiger partial charge in [0.15, 0.2) is 5.13 Å². The van der Waals surface area contributed by atoms with Crippen molar-refractivity contribution in [3.8, 4) is 0 Å². The van der Waals surface area contributed by atoms with Crippen LogP contribution in [0.25, 0.3) is 5.70 Å². The Hall–Kier alpha value is -1.40. The number of hydrogen-bond acceptors (Lipinski definition) is 5. The fourth-order valence-electron chi connectivity index (χ4n) is 2.16. The molecule has 0 saturated carbocycles. The summed E-state index contributed by atoms with van der Waals surface area (Å²) in [6.45, 7) is 8.13. The SMILES string of the molecule is C=C(c1csc(N(C)C)n1)N1CCN[C@@H](C)C1=NC. The van der Waals surface area contributed by atoms with E-state index in [4.69, 9.17) is 0 Å². The first-order valence-electron chi connectivity index (χ1n) is 6.34. The third-order valence-electron chi connectivity index (χ3n) is 3.18. The van der Waals surface area contributed by atoms with E-state index in [0.29, 0.717) is 0 Å². The highest BCUT2D eigenvalue weighted by Gasteiger charge is 2.25. The van der Waals surface area contributed by atoms with Crippen molar-refractivity contribution in [1.82, 2.24) is 15.2 Å². The van der Waals surface area contributed by atoms with E-state index >= 15 is 0 Å². The normalized spacial score (nSPS) is 21.8. The summed E-state index contributed by atoms with van der Waals surface area (Å²) in [4.78, 5) is 13.2. The van der Waals surface area contributed by atoms with Gasteiger partial charge in [0.1, 0.15) is 5.84 Å². The van der Waals surface area contributed by atoms with Gasteiger partial charge in [0, 0.05) is 39.6 Å². The average molecular weight is 279 g/mol. The van der Waals surface area contributed by atoms with Crippen LogP contribution in [0.3, 0.4) is 0 Å². The molecule has 0 spiro atoms. The Morgan fingerprint density at radius 3 is 2.95 bits per heavy atom. The fraction of sp³-hybridized carbons (Fsp3) is 0.538. The van der Waals surface area contributed by atoms with Gasteiger partial charge in [0.2, 0.25) is 0 Å². The molecule has 0 radical (unpaired) electrons. The molecule has 1 aliphatic rings. The Kier molecular flexibility index (Phi) is 4.21. The fourth-order valence-corrected chi connectivity index (χ4v) is 2.93.